The van der Waals surface area contributed by atoms with Gasteiger partial charge in [-0.05, 0) is 26.2 Å². The topological polar surface area (TPSA) is 17.1 Å². The van der Waals surface area contributed by atoms with E-state index in [4.69, 9.17) is 0 Å². The van der Waals surface area contributed by atoms with E-state index >= 15 is 0 Å². The molecule has 0 heterocycles. The molecule has 1 heteroatoms. The Morgan fingerprint density at radius 1 is 1.45 bits per heavy atom. The molecule has 1 unspecified atom stereocenters. The van der Waals surface area contributed by atoms with Gasteiger partial charge in [-0.1, -0.05) is 26.0 Å². The van der Waals surface area contributed by atoms with E-state index in [-0.39, 0.29) is 5.92 Å². The van der Waals surface area contributed by atoms with E-state index in [2.05, 4.69) is 19.9 Å². The maximum atomic E-state index is 11.1. The van der Waals surface area contributed by atoms with Crippen LogP contribution in [0.1, 0.15) is 34.1 Å². The number of rotatable bonds is 4. The van der Waals surface area contributed by atoms with Crippen molar-refractivity contribution >= 4 is 5.78 Å². The van der Waals surface area contributed by atoms with Crippen LogP contribution in [0.25, 0.3) is 0 Å². The van der Waals surface area contributed by atoms with E-state index in [1.807, 2.05) is 13.0 Å². The van der Waals surface area contributed by atoms with Gasteiger partial charge in [0.15, 0.2) is 0 Å². The minimum atomic E-state index is 0.214. The first-order valence-corrected chi connectivity index (χ1v) is 4.21. The van der Waals surface area contributed by atoms with Crippen LogP contribution in [0.15, 0.2) is 12.2 Å². The molecular formula is C10H18O. The molecule has 0 bridgehead atoms. The summed E-state index contributed by atoms with van der Waals surface area (Å²) >= 11 is 0. The molecule has 0 rings (SSSR count). The van der Waals surface area contributed by atoms with Gasteiger partial charge in [0.1, 0.15) is 5.78 Å². The second-order valence-corrected chi connectivity index (χ2v) is 3.27. The standard InChI is InChI=1S/C10H18O/c1-5-6-7-10(8(2)3)9(4)11/h5-6,8,10H,7H2,1-4H3. The van der Waals surface area contributed by atoms with Gasteiger partial charge in [0.05, 0.1) is 0 Å². The summed E-state index contributed by atoms with van der Waals surface area (Å²) in [5.41, 5.74) is 0. The Labute approximate surface area is 69.5 Å². The van der Waals surface area contributed by atoms with E-state index in [9.17, 15) is 4.79 Å². The van der Waals surface area contributed by atoms with Gasteiger partial charge in [0.2, 0.25) is 0 Å². The summed E-state index contributed by atoms with van der Waals surface area (Å²) in [5, 5.41) is 0. The molecule has 0 aliphatic carbocycles. The number of ketones is 1. The molecule has 0 aliphatic rings. The number of carbonyl (C=O) groups excluding carboxylic acids is 1. The van der Waals surface area contributed by atoms with Crippen molar-refractivity contribution in [1.82, 2.24) is 0 Å². The third-order valence-corrected chi connectivity index (χ3v) is 1.95. The SMILES string of the molecule is CC=CCC(C(C)=O)C(C)C. The van der Waals surface area contributed by atoms with Crippen LogP contribution in [0.2, 0.25) is 0 Å². The molecule has 1 atom stereocenters. The van der Waals surface area contributed by atoms with Crippen molar-refractivity contribution in [2.24, 2.45) is 11.8 Å². The van der Waals surface area contributed by atoms with Gasteiger partial charge in [-0.3, -0.25) is 4.79 Å². The lowest BCUT2D eigenvalue weighted by Gasteiger charge is -2.14. The molecule has 0 fully saturated rings. The van der Waals surface area contributed by atoms with Crippen molar-refractivity contribution in [3.8, 4) is 0 Å². The number of hydrogen-bond acceptors (Lipinski definition) is 1. The van der Waals surface area contributed by atoms with Crippen LogP contribution in [-0.4, -0.2) is 5.78 Å². The quantitative estimate of drug-likeness (QED) is 0.569. The normalized spacial score (nSPS) is 14.3. The van der Waals surface area contributed by atoms with Crippen LogP contribution < -0.4 is 0 Å². The molecule has 0 aromatic heterocycles. The smallest absolute Gasteiger partial charge is 0.133 e. The van der Waals surface area contributed by atoms with Crippen molar-refractivity contribution in [2.75, 3.05) is 0 Å². The summed E-state index contributed by atoms with van der Waals surface area (Å²) < 4.78 is 0. The van der Waals surface area contributed by atoms with Crippen molar-refractivity contribution in [1.29, 1.82) is 0 Å². The fraction of sp³-hybridized carbons (Fsp3) is 0.700. The molecule has 0 spiro atoms. The molecule has 0 amide bonds. The van der Waals surface area contributed by atoms with Crippen LogP contribution >= 0.6 is 0 Å². The third-order valence-electron chi connectivity index (χ3n) is 1.95. The molecule has 0 aromatic carbocycles. The summed E-state index contributed by atoms with van der Waals surface area (Å²) in [5.74, 6) is 0.980. The third kappa shape index (κ3) is 3.97. The van der Waals surface area contributed by atoms with E-state index in [0.29, 0.717) is 11.7 Å². The molecule has 0 N–H and O–H groups in total. The zero-order valence-electron chi connectivity index (χ0n) is 7.92. The molecule has 1 nitrogen and oxygen atoms in total. The maximum absolute atomic E-state index is 11.1. The lowest BCUT2D eigenvalue weighted by atomic mass is 9.89. The Bertz CT molecular complexity index is 145. The molecular weight excluding hydrogens is 136 g/mol. The van der Waals surface area contributed by atoms with Gasteiger partial charge in [-0.25, -0.2) is 0 Å². The fourth-order valence-electron chi connectivity index (χ4n) is 1.19. The Kier molecular flexibility index (Phi) is 4.84. The van der Waals surface area contributed by atoms with Gasteiger partial charge in [0, 0.05) is 5.92 Å². The second kappa shape index (κ2) is 5.11. The highest BCUT2D eigenvalue weighted by molar-refractivity contribution is 5.78. The fourth-order valence-corrected chi connectivity index (χ4v) is 1.19. The van der Waals surface area contributed by atoms with Gasteiger partial charge < -0.3 is 0 Å². The Balaban J connectivity index is 4.00. The van der Waals surface area contributed by atoms with Gasteiger partial charge in [-0.2, -0.15) is 0 Å². The highest BCUT2D eigenvalue weighted by Crippen LogP contribution is 2.16. The zero-order valence-corrected chi connectivity index (χ0v) is 7.92. The average molecular weight is 154 g/mol. The van der Waals surface area contributed by atoms with E-state index < -0.39 is 0 Å². The van der Waals surface area contributed by atoms with Gasteiger partial charge in [0.25, 0.3) is 0 Å². The van der Waals surface area contributed by atoms with Crippen molar-refractivity contribution in [3.05, 3.63) is 12.2 Å². The molecule has 0 saturated heterocycles. The summed E-state index contributed by atoms with van der Waals surface area (Å²) in [6.45, 7) is 7.84. The lowest BCUT2D eigenvalue weighted by Crippen LogP contribution is -2.16. The number of Topliss-reactive ketones (excluding diaryl/α,β-unsaturated/α-hetero) is 1. The van der Waals surface area contributed by atoms with Crippen LogP contribution in [0.5, 0.6) is 0 Å². The van der Waals surface area contributed by atoms with E-state index in [1.165, 1.54) is 0 Å². The Morgan fingerprint density at radius 2 is 2.00 bits per heavy atom. The highest BCUT2D eigenvalue weighted by atomic mass is 16.1. The summed E-state index contributed by atoms with van der Waals surface area (Å²) in [6.07, 6.45) is 4.95. The first-order chi connectivity index (χ1) is 5.09. The summed E-state index contributed by atoms with van der Waals surface area (Å²) in [7, 11) is 0. The van der Waals surface area contributed by atoms with E-state index in [1.54, 1.807) is 6.92 Å². The summed E-state index contributed by atoms with van der Waals surface area (Å²) in [6, 6.07) is 0. The minimum absolute atomic E-state index is 0.214. The first-order valence-electron chi connectivity index (χ1n) is 4.21. The predicted molar refractivity (Wildman–Crippen MR) is 48.4 cm³/mol. The zero-order chi connectivity index (χ0) is 8.85. The van der Waals surface area contributed by atoms with Crippen molar-refractivity contribution in [3.63, 3.8) is 0 Å². The minimum Gasteiger partial charge on any atom is -0.300 e. The number of allylic oxidation sites excluding steroid dienone is 2. The Morgan fingerprint density at radius 3 is 2.27 bits per heavy atom. The monoisotopic (exact) mass is 154 g/mol. The lowest BCUT2D eigenvalue weighted by molar-refractivity contribution is -0.121. The van der Waals surface area contributed by atoms with Crippen LogP contribution in [0.3, 0.4) is 0 Å². The van der Waals surface area contributed by atoms with Gasteiger partial charge >= 0.3 is 0 Å². The molecule has 0 saturated carbocycles. The van der Waals surface area contributed by atoms with Crippen LogP contribution in [0.4, 0.5) is 0 Å². The van der Waals surface area contributed by atoms with Crippen molar-refractivity contribution in [2.45, 2.75) is 34.1 Å². The van der Waals surface area contributed by atoms with E-state index in [0.717, 1.165) is 6.42 Å². The van der Waals surface area contributed by atoms with Crippen LogP contribution in [-0.2, 0) is 4.79 Å². The molecule has 64 valence electrons. The first kappa shape index (κ1) is 10.4. The largest absolute Gasteiger partial charge is 0.300 e. The van der Waals surface area contributed by atoms with Crippen molar-refractivity contribution < 1.29 is 4.79 Å². The maximum Gasteiger partial charge on any atom is 0.133 e. The molecule has 0 aliphatic heterocycles. The number of hydrogen-bond donors (Lipinski definition) is 0. The Hall–Kier alpha value is -0.590. The number of carbonyl (C=O) groups is 1. The highest BCUT2D eigenvalue weighted by Gasteiger charge is 2.15. The van der Waals surface area contributed by atoms with Crippen LogP contribution in [0, 0.1) is 11.8 Å². The molecule has 11 heavy (non-hydrogen) atoms. The second-order valence-electron chi connectivity index (χ2n) is 3.27. The molecule has 0 aromatic rings. The predicted octanol–water partition coefficient (Wildman–Crippen LogP) is 2.81. The molecule has 0 radical (unpaired) electrons. The summed E-state index contributed by atoms with van der Waals surface area (Å²) in [4.78, 5) is 11.1. The van der Waals surface area contributed by atoms with Gasteiger partial charge in [-0.15, -0.1) is 0 Å². The average Bonchev–Trinajstić information content (AvgIpc) is 1.87.